The minimum atomic E-state index is 0.0565. The smallest absolute Gasteiger partial charge is 0.222 e. The molecule has 94 valence electrons. The average Bonchev–Trinajstić information content (AvgIpc) is 2.28. The highest BCUT2D eigenvalue weighted by molar-refractivity contribution is 5.75. The fraction of sp³-hybridized carbons (Fsp3) is 0.462. The second-order valence-corrected chi connectivity index (χ2v) is 4.43. The van der Waals surface area contributed by atoms with Gasteiger partial charge >= 0.3 is 0 Å². The Kier molecular flexibility index (Phi) is 4.97. The zero-order valence-corrected chi connectivity index (χ0v) is 10.4. The third kappa shape index (κ3) is 4.87. The van der Waals surface area contributed by atoms with E-state index in [0.29, 0.717) is 19.4 Å². The standard InChI is InChI=1S/C13H20N2O2/c1-10(14)3-8-13(17)15(2)9-11-4-6-12(16)7-5-11/h4-7,10,16H,3,8-9,14H2,1-2H3. The second kappa shape index (κ2) is 6.25. The fourth-order valence-electron chi connectivity index (χ4n) is 1.51. The Bertz CT molecular complexity index is 360. The summed E-state index contributed by atoms with van der Waals surface area (Å²) in [6.07, 6.45) is 1.19. The highest BCUT2D eigenvalue weighted by Crippen LogP contribution is 2.11. The number of rotatable bonds is 5. The highest BCUT2D eigenvalue weighted by Gasteiger charge is 2.09. The number of amides is 1. The molecule has 1 aromatic carbocycles. The quantitative estimate of drug-likeness (QED) is 0.813. The van der Waals surface area contributed by atoms with E-state index < -0.39 is 0 Å². The van der Waals surface area contributed by atoms with Gasteiger partial charge in [0, 0.05) is 26.1 Å². The molecule has 4 heteroatoms. The van der Waals surface area contributed by atoms with Crippen LogP contribution in [-0.2, 0) is 11.3 Å². The summed E-state index contributed by atoms with van der Waals surface area (Å²) in [5.74, 6) is 0.329. The number of benzene rings is 1. The lowest BCUT2D eigenvalue weighted by atomic mass is 10.1. The zero-order valence-electron chi connectivity index (χ0n) is 10.4. The number of phenolic OH excluding ortho intramolecular Hbond substituents is 1. The van der Waals surface area contributed by atoms with Gasteiger partial charge in [-0.05, 0) is 31.0 Å². The molecule has 17 heavy (non-hydrogen) atoms. The molecule has 0 aliphatic carbocycles. The minimum absolute atomic E-state index is 0.0565. The van der Waals surface area contributed by atoms with E-state index in [1.54, 1.807) is 24.1 Å². The zero-order chi connectivity index (χ0) is 12.8. The molecular weight excluding hydrogens is 216 g/mol. The van der Waals surface area contributed by atoms with Crippen LogP contribution in [0.3, 0.4) is 0 Å². The molecule has 0 saturated heterocycles. The van der Waals surface area contributed by atoms with Crippen molar-refractivity contribution in [2.75, 3.05) is 7.05 Å². The molecule has 1 aromatic rings. The van der Waals surface area contributed by atoms with Crippen molar-refractivity contribution in [1.29, 1.82) is 0 Å². The van der Waals surface area contributed by atoms with E-state index in [0.717, 1.165) is 5.56 Å². The summed E-state index contributed by atoms with van der Waals surface area (Å²) < 4.78 is 0. The van der Waals surface area contributed by atoms with Gasteiger partial charge in [-0.1, -0.05) is 12.1 Å². The summed E-state index contributed by atoms with van der Waals surface area (Å²) in [6, 6.07) is 6.92. The lowest BCUT2D eigenvalue weighted by Crippen LogP contribution is -2.27. The molecule has 1 amide bonds. The summed E-state index contributed by atoms with van der Waals surface area (Å²) in [5.41, 5.74) is 6.61. The van der Waals surface area contributed by atoms with Crippen LogP contribution >= 0.6 is 0 Å². The van der Waals surface area contributed by atoms with E-state index in [-0.39, 0.29) is 17.7 Å². The Balaban J connectivity index is 2.45. The number of hydrogen-bond donors (Lipinski definition) is 2. The summed E-state index contributed by atoms with van der Waals surface area (Å²) >= 11 is 0. The van der Waals surface area contributed by atoms with Crippen LogP contribution < -0.4 is 5.73 Å². The normalized spacial score (nSPS) is 12.2. The molecule has 0 saturated carbocycles. The van der Waals surface area contributed by atoms with Gasteiger partial charge in [-0.2, -0.15) is 0 Å². The minimum Gasteiger partial charge on any atom is -0.508 e. The Morgan fingerprint density at radius 2 is 2.00 bits per heavy atom. The molecule has 1 rings (SSSR count). The van der Waals surface area contributed by atoms with Gasteiger partial charge in [-0.25, -0.2) is 0 Å². The van der Waals surface area contributed by atoms with Gasteiger partial charge in [0.15, 0.2) is 0 Å². The first kappa shape index (κ1) is 13.5. The number of phenols is 1. The van der Waals surface area contributed by atoms with E-state index in [4.69, 9.17) is 10.8 Å². The summed E-state index contributed by atoms with van der Waals surface area (Å²) in [4.78, 5) is 13.4. The summed E-state index contributed by atoms with van der Waals surface area (Å²) in [6.45, 7) is 2.45. The molecule has 1 unspecified atom stereocenters. The van der Waals surface area contributed by atoms with Gasteiger partial charge in [0.2, 0.25) is 5.91 Å². The molecule has 1 atom stereocenters. The third-order valence-electron chi connectivity index (χ3n) is 2.60. The predicted molar refractivity (Wildman–Crippen MR) is 67.5 cm³/mol. The van der Waals surface area contributed by atoms with Crippen LogP contribution in [-0.4, -0.2) is 29.0 Å². The monoisotopic (exact) mass is 236 g/mol. The van der Waals surface area contributed by atoms with Crippen LogP contribution in [0.15, 0.2) is 24.3 Å². The van der Waals surface area contributed by atoms with Crippen molar-refractivity contribution < 1.29 is 9.90 Å². The van der Waals surface area contributed by atoms with Gasteiger partial charge in [0.1, 0.15) is 5.75 Å². The Hall–Kier alpha value is -1.55. The van der Waals surface area contributed by atoms with Crippen molar-refractivity contribution in [3.8, 4) is 5.75 Å². The first-order valence-corrected chi connectivity index (χ1v) is 5.76. The molecular formula is C13H20N2O2. The van der Waals surface area contributed by atoms with Crippen LogP contribution in [0, 0.1) is 0 Å². The van der Waals surface area contributed by atoms with Gasteiger partial charge < -0.3 is 15.7 Å². The first-order valence-electron chi connectivity index (χ1n) is 5.76. The second-order valence-electron chi connectivity index (χ2n) is 4.43. The number of aromatic hydroxyl groups is 1. The van der Waals surface area contributed by atoms with Crippen LogP contribution in [0.4, 0.5) is 0 Å². The maximum absolute atomic E-state index is 11.7. The molecule has 0 bridgehead atoms. The molecule has 0 aromatic heterocycles. The first-order chi connectivity index (χ1) is 7.99. The van der Waals surface area contributed by atoms with Crippen molar-refractivity contribution in [3.05, 3.63) is 29.8 Å². The van der Waals surface area contributed by atoms with Crippen LogP contribution in [0.5, 0.6) is 5.75 Å². The molecule has 0 heterocycles. The topological polar surface area (TPSA) is 66.6 Å². The number of hydrogen-bond acceptors (Lipinski definition) is 3. The molecule has 4 nitrogen and oxygen atoms in total. The van der Waals surface area contributed by atoms with Crippen LogP contribution in [0.1, 0.15) is 25.3 Å². The van der Waals surface area contributed by atoms with Crippen molar-refractivity contribution in [2.45, 2.75) is 32.4 Å². The van der Waals surface area contributed by atoms with Crippen molar-refractivity contribution >= 4 is 5.91 Å². The predicted octanol–water partition coefficient (Wildman–Crippen LogP) is 1.48. The fourth-order valence-corrected chi connectivity index (χ4v) is 1.51. The number of carbonyl (C=O) groups is 1. The molecule has 0 aliphatic rings. The maximum Gasteiger partial charge on any atom is 0.222 e. The third-order valence-corrected chi connectivity index (χ3v) is 2.60. The van der Waals surface area contributed by atoms with Crippen molar-refractivity contribution in [3.63, 3.8) is 0 Å². The van der Waals surface area contributed by atoms with E-state index in [9.17, 15) is 4.79 Å². The molecule has 0 fully saturated rings. The molecule has 0 aliphatic heterocycles. The average molecular weight is 236 g/mol. The molecule has 0 spiro atoms. The molecule has 0 radical (unpaired) electrons. The van der Waals surface area contributed by atoms with Crippen molar-refractivity contribution in [2.24, 2.45) is 5.73 Å². The van der Waals surface area contributed by atoms with E-state index in [1.165, 1.54) is 0 Å². The van der Waals surface area contributed by atoms with E-state index >= 15 is 0 Å². The number of nitrogens with two attached hydrogens (primary N) is 1. The van der Waals surface area contributed by atoms with Crippen LogP contribution in [0.25, 0.3) is 0 Å². The summed E-state index contributed by atoms with van der Waals surface area (Å²) in [5, 5.41) is 9.15. The Morgan fingerprint density at radius 1 is 1.41 bits per heavy atom. The molecule has 3 N–H and O–H groups in total. The highest BCUT2D eigenvalue weighted by atomic mass is 16.3. The Labute approximate surface area is 102 Å². The van der Waals surface area contributed by atoms with E-state index in [1.807, 2.05) is 19.1 Å². The SMILES string of the molecule is CC(N)CCC(=O)N(C)Cc1ccc(O)cc1. The lowest BCUT2D eigenvalue weighted by molar-refractivity contribution is -0.130. The number of nitrogens with zero attached hydrogens (tertiary/aromatic N) is 1. The van der Waals surface area contributed by atoms with Gasteiger partial charge in [-0.15, -0.1) is 0 Å². The lowest BCUT2D eigenvalue weighted by Gasteiger charge is -2.17. The van der Waals surface area contributed by atoms with Gasteiger partial charge in [-0.3, -0.25) is 4.79 Å². The maximum atomic E-state index is 11.7. The van der Waals surface area contributed by atoms with Crippen LogP contribution in [0.2, 0.25) is 0 Å². The Morgan fingerprint density at radius 3 is 2.53 bits per heavy atom. The van der Waals surface area contributed by atoms with Crippen molar-refractivity contribution in [1.82, 2.24) is 4.90 Å². The number of carbonyl (C=O) groups excluding carboxylic acids is 1. The largest absolute Gasteiger partial charge is 0.508 e. The van der Waals surface area contributed by atoms with Gasteiger partial charge in [0.25, 0.3) is 0 Å². The van der Waals surface area contributed by atoms with E-state index in [2.05, 4.69) is 0 Å². The summed E-state index contributed by atoms with van der Waals surface area (Å²) in [7, 11) is 1.77. The van der Waals surface area contributed by atoms with Gasteiger partial charge in [0.05, 0.1) is 0 Å².